The second-order valence-electron chi connectivity index (χ2n) is 3.56. The lowest BCUT2D eigenvalue weighted by molar-refractivity contribution is 0.117. The van der Waals surface area contributed by atoms with Gasteiger partial charge in [-0.25, -0.2) is 8.42 Å². The molecule has 1 saturated heterocycles. The lowest BCUT2D eigenvalue weighted by atomic mass is 10.1. The van der Waals surface area contributed by atoms with Gasteiger partial charge in [0, 0.05) is 25.6 Å². The van der Waals surface area contributed by atoms with Gasteiger partial charge in [-0.05, 0) is 37.9 Å². The minimum Gasteiger partial charge on any atom is -0.396 e. The Morgan fingerprint density at radius 2 is 2.12 bits per heavy atom. The Bertz CT molecular complexity index is 493. The molecule has 2 heterocycles. The van der Waals surface area contributed by atoms with Crippen LogP contribution in [0.4, 0.5) is 0 Å². The van der Waals surface area contributed by atoms with E-state index in [9.17, 15) is 8.42 Å². The van der Waals surface area contributed by atoms with Crippen molar-refractivity contribution < 1.29 is 13.5 Å². The highest BCUT2D eigenvalue weighted by Crippen LogP contribution is 2.37. The fraction of sp³-hybridized carbons (Fsp3) is 0.500. The zero-order valence-corrected chi connectivity index (χ0v) is 12.9. The van der Waals surface area contributed by atoms with Gasteiger partial charge in [0.05, 0.1) is 7.57 Å². The van der Waals surface area contributed by atoms with Gasteiger partial charge in [0.25, 0.3) is 0 Å². The molecule has 0 atom stereocenters. The maximum atomic E-state index is 12.1. The summed E-state index contributed by atoms with van der Waals surface area (Å²) in [6.07, 6.45) is 0. The zero-order chi connectivity index (χ0) is 11.9. The summed E-state index contributed by atoms with van der Waals surface area (Å²) in [5.41, 5.74) is 0. The topological polar surface area (TPSA) is 57.6 Å². The van der Waals surface area contributed by atoms with Crippen molar-refractivity contribution in [2.75, 3.05) is 19.7 Å². The van der Waals surface area contributed by atoms with E-state index >= 15 is 0 Å². The average molecular weight is 391 g/mol. The first kappa shape index (κ1) is 13.0. The van der Waals surface area contributed by atoms with Crippen LogP contribution in [0.15, 0.2) is 18.5 Å². The van der Waals surface area contributed by atoms with Crippen LogP contribution in [0.25, 0.3) is 0 Å². The van der Waals surface area contributed by atoms with Crippen LogP contribution in [0, 0.1) is 5.92 Å². The smallest absolute Gasteiger partial charge is 0.245 e. The van der Waals surface area contributed by atoms with Crippen LogP contribution in [0.5, 0.6) is 0 Å². The van der Waals surface area contributed by atoms with Gasteiger partial charge in [0.1, 0.15) is 4.90 Å². The minimum atomic E-state index is -3.40. The highest BCUT2D eigenvalue weighted by molar-refractivity contribution is 9.12. The number of nitrogens with zero attached hydrogens (tertiary/aromatic N) is 1. The number of halogens is 2. The summed E-state index contributed by atoms with van der Waals surface area (Å²) in [4.78, 5) is 0.292. The van der Waals surface area contributed by atoms with Crippen LogP contribution < -0.4 is 0 Å². The van der Waals surface area contributed by atoms with E-state index in [4.69, 9.17) is 5.11 Å². The van der Waals surface area contributed by atoms with Crippen molar-refractivity contribution in [3.63, 3.8) is 0 Å². The third-order valence-electron chi connectivity index (χ3n) is 2.43. The first-order valence-electron chi connectivity index (χ1n) is 4.51. The molecule has 1 aromatic rings. The molecule has 0 radical (unpaired) electrons. The first-order chi connectivity index (χ1) is 7.45. The van der Waals surface area contributed by atoms with Crippen molar-refractivity contribution in [3.8, 4) is 0 Å². The molecule has 16 heavy (non-hydrogen) atoms. The lowest BCUT2D eigenvalue weighted by Crippen LogP contribution is -2.51. The molecule has 90 valence electrons. The fourth-order valence-electron chi connectivity index (χ4n) is 1.47. The molecule has 0 aromatic carbocycles. The molecular weight excluding hydrogens is 382 g/mol. The summed E-state index contributed by atoms with van der Waals surface area (Å²) in [6.45, 7) is 0.845. The zero-order valence-electron chi connectivity index (χ0n) is 8.06. The van der Waals surface area contributed by atoms with Crippen molar-refractivity contribution in [1.29, 1.82) is 0 Å². The number of aliphatic hydroxyl groups excluding tert-OH is 1. The number of hydrogen-bond donors (Lipinski definition) is 1. The lowest BCUT2D eigenvalue weighted by Gasteiger charge is -2.36. The van der Waals surface area contributed by atoms with Gasteiger partial charge in [0.2, 0.25) is 10.0 Å². The predicted octanol–water partition coefficient (Wildman–Crippen LogP) is 1.89. The molecular formula is C8H9Br2NO3S2. The largest absolute Gasteiger partial charge is 0.396 e. The van der Waals surface area contributed by atoms with Gasteiger partial charge < -0.3 is 5.11 Å². The minimum absolute atomic E-state index is 0.0422. The molecule has 0 amide bonds. The van der Waals surface area contributed by atoms with E-state index in [1.165, 1.54) is 15.6 Å². The average Bonchev–Trinajstić information content (AvgIpc) is 2.43. The van der Waals surface area contributed by atoms with Gasteiger partial charge in [0.15, 0.2) is 0 Å². The monoisotopic (exact) mass is 389 g/mol. The van der Waals surface area contributed by atoms with Crippen LogP contribution in [-0.4, -0.2) is 37.5 Å². The number of thiophene rings is 1. The molecule has 1 N–H and O–H groups in total. The Kier molecular flexibility index (Phi) is 3.78. The quantitative estimate of drug-likeness (QED) is 0.857. The number of hydrogen-bond acceptors (Lipinski definition) is 4. The Morgan fingerprint density at radius 1 is 1.50 bits per heavy atom. The molecule has 0 bridgehead atoms. The number of sulfonamides is 1. The number of rotatable bonds is 3. The third-order valence-corrected chi connectivity index (χ3v) is 7.01. The fourth-order valence-corrected chi connectivity index (χ4v) is 6.83. The Morgan fingerprint density at radius 3 is 2.56 bits per heavy atom. The van der Waals surface area contributed by atoms with E-state index < -0.39 is 10.0 Å². The van der Waals surface area contributed by atoms with E-state index in [-0.39, 0.29) is 12.5 Å². The predicted molar refractivity (Wildman–Crippen MR) is 69.1 cm³/mol. The Hall–Kier alpha value is 0.530. The molecule has 4 nitrogen and oxygen atoms in total. The molecule has 0 saturated carbocycles. The van der Waals surface area contributed by atoms with Gasteiger partial charge in [-0.2, -0.15) is 4.31 Å². The molecule has 1 aromatic heterocycles. The van der Waals surface area contributed by atoms with Crippen LogP contribution in [0.1, 0.15) is 0 Å². The van der Waals surface area contributed by atoms with Crippen molar-refractivity contribution in [1.82, 2.24) is 4.31 Å². The van der Waals surface area contributed by atoms with Crippen LogP contribution in [-0.2, 0) is 10.0 Å². The van der Waals surface area contributed by atoms with E-state index in [2.05, 4.69) is 31.9 Å². The summed E-state index contributed by atoms with van der Waals surface area (Å²) >= 11 is 7.83. The maximum absolute atomic E-state index is 12.1. The normalized spacial score (nSPS) is 18.7. The van der Waals surface area contributed by atoms with Gasteiger partial charge in [-0.15, -0.1) is 11.3 Å². The summed E-state index contributed by atoms with van der Waals surface area (Å²) < 4.78 is 27.0. The Labute approximate surface area is 115 Å². The molecule has 1 aliphatic heterocycles. The van der Waals surface area contributed by atoms with Gasteiger partial charge in [-0.1, -0.05) is 0 Å². The Balaban J connectivity index is 2.24. The highest BCUT2D eigenvalue weighted by Gasteiger charge is 2.37. The molecule has 1 fully saturated rings. The van der Waals surface area contributed by atoms with Crippen LogP contribution in [0.2, 0.25) is 0 Å². The van der Waals surface area contributed by atoms with E-state index in [0.717, 1.165) is 3.79 Å². The molecule has 0 aliphatic carbocycles. The maximum Gasteiger partial charge on any atom is 0.245 e. The summed E-state index contributed by atoms with van der Waals surface area (Å²) in [5, 5.41) is 8.86. The molecule has 1 aliphatic rings. The summed E-state index contributed by atoms with van der Waals surface area (Å²) in [5.74, 6) is 0.0793. The van der Waals surface area contributed by atoms with E-state index in [0.29, 0.717) is 21.8 Å². The first-order valence-corrected chi connectivity index (χ1v) is 8.35. The second-order valence-corrected chi connectivity index (χ2v) is 9.21. The van der Waals surface area contributed by atoms with Crippen LogP contribution in [0.3, 0.4) is 0 Å². The van der Waals surface area contributed by atoms with Crippen LogP contribution >= 0.6 is 43.2 Å². The highest BCUT2D eigenvalue weighted by atomic mass is 79.9. The molecule has 8 heteroatoms. The molecule has 0 unspecified atom stereocenters. The van der Waals surface area contributed by atoms with Crippen molar-refractivity contribution >= 4 is 53.2 Å². The van der Waals surface area contributed by atoms with Crippen molar-refractivity contribution in [3.05, 3.63) is 13.6 Å². The second kappa shape index (κ2) is 4.66. The molecule has 0 spiro atoms. The third kappa shape index (κ3) is 2.23. The number of aliphatic hydroxyl groups is 1. The van der Waals surface area contributed by atoms with E-state index in [1.54, 1.807) is 6.07 Å². The van der Waals surface area contributed by atoms with Crippen molar-refractivity contribution in [2.45, 2.75) is 4.90 Å². The van der Waals surface area contributed by atoms with E-state index in [1.807, 2.05) is 0 Å². The van der Waals surface area contributed by atoms with Gasteiger partial charge >= 0.3 is 0 Å². The summed E-state index contributed by atoms with van der Waals surface area (Å²) in [7, 11) is -3.40. The summed E-state index contributed by atoms with van der Waals surface area (Å²) in [6, 6.07) is 1.59. The standard InChI is InChI=1S/C8H9Br2NO3S2/c9-7-1-6(8(10)15-7)16(13,14)11-2-5(3-11)4-12/h1,5,12H,2-4H2. The van der Waals surface area contributed by atoms with Crippen molar-refractivity contribution in [2.24, 2.45) is 5.92 Å². The SMILES string of the molecule is O=S(=O)(c1cc(Br)sc1Br)N1CC(CO)C1. The molecule has 2 rings (SSSR count). The van der Waals surface area contributed by atoms with Gasteiger partial charge in [-0.3, -0.25) is 0 Å².